The van der Waals surface area contributed by atoms with E-state index in [1.165, 1.54) is 19.0 Å². The van der Waals surface area contributed by atoms with Gasteiger partial charge in [-0.05, 0) is 137 Å². The number of aryl methyl sites for hydroxylation is 3. The predicted octanol–water partition coefficient (Wildman–Crippen LogP) is 10.3. The molecule has 0 spiro atoms. The van der Waals surface area contributed by atoms with Crippen molar-refractivity contribution in [1.82, 2.24) is 73.8 Å². The van der Waals surface area contributed by atoms with Gasteiger partial charge in [-0.1, -0.05) is 72.8 Å². The number of ether oxygens (including phenoxy) is 6. The number of esters is 3. The Morgan fingerprint density at radius 3 is 0.876 bits per heavy atom. The number of carbonyl (C=O) groups excluding carboxylic acids is 3. The van der Waals surface area contributed by atoms with Crippen molar-refractivity contribution >= 4 is 91.4 Å². The molecule has 33 nitrogen and oxygen atoms in total. The fraction of sp³-hybridized carbons (Fsp3) is 0.478. The summed E-state index contributed by atoms with van der Waals surface area (Å²) >= 11 is 0. The number of fused-ring (bicyclic) bond motifs is 3. The Morgan fingerprint density at radius 2 is 0.638 bits per heavy atom. The first-order valence-electron chi connectivity index (χ1n) is 34.1. The van der Waals surface area contributed by atoms with Crippen LogP contribution in [0.5, 0.6) is 0 Å². The second-order valence-electron chi connectivity index (χ2n) is 25.9. The number of nitrogens with two attached hydrogens (primary N) is 3. The number of nitrogen functional groups attached to an aromatic ring is 3. The molecule has 0 bridgehead atoms. The lowest BCUT2D eigenvalue weighted by Gasteiger charge is -2.25. The van der Waals surface area contributed by atoms with Crippen molar-refractivity contribution in [3.05, 3.63) is 144 Å². The predicted molar refractivity (Wildman–Crippen MR) is 398 cm³/mol. The number of anilines is 3. The van der Waals surface area contributed by atoms with Gasteiger partial charge < -0.3 is 72.9 Å². The Labute approximate surface area is 611 Å². The Balaban J connectivity index is 0.000000220. The van der Waals surface area contributed by atoms with Crippen molar-refractivity contribution in [1.29, 1.82) is 0 Å². The summed E-state index contributed by atoms with van der Waals surface area (Å²) in [6.45, 7) is 28.1. The number of rotatable bonds is 36. The number of carbonyl (C=O) groups is 3. The summed E-state index contributed by atoms with van der Waals surface area (Å²) in [7, 11) is -10.8. The summed E-state index contributed by atoms with van der Waals surface area (Å²) in [4.78, 5) is 74.2. The van der Waals surface area contributed by atoms with E-state index in [2.05, 4.69) is 60.1 Å². The van der Waals surface area contributed by atoms with Crippen LogP contribution in [0, 0.1) is 20.8 Å². The van der Waals surface area contributed by atoms with E-state index < -0.39 is 58.6 Å². The second kappa shape index (κ2) is 39.2. The zero-order chi connectivity index (χ0) is 76.8. The second-order valence-corrected chi connectivity index (χ2v) is 32.3. The van der Waals surface area contributed by atoms with E-state index in [0.29, 0.717) is 70.6 Å². The van der Waals surface area contributed by atoms with Crippen molar-refractivity contribution < 1.29 is 70.1 Å². The van der Waals surface area contributed by atoms with E-state index in [-0.39, 0.29) is 75.5 Å². The molecule has 9 N–H and O–H groups in total. The average molecular weight is 1510 g/mol. The molecular weight excluding hydrogens is 1410 g/mol. The molecule has 0 radical (unpaired) electrons. The zero-order valence-electron chi connectivity index (χ0n) is 62.0. The van der Waals surface area contributed by atoms with Gasteiger partial charge >= 0.3 is 17.9 Å². The number of aromatic nitrogens is 12. The SMILES string of the molecule is Cc1ccccc1COP(=O)(CO[C@H](C)Cn1cnc2c(N)ncnc21)N[C@@H](C)C(=O)OC(C)C.Cc1ccccc1CO[P@@](=O)(CO[C@H](C)Cn1cnc2c(N)ncnc21)N[C@@H](C)C(=O)OC(C)C.Cc1ccccc1CO[P@](=O)(CO[C@H](C)Cn1cnc2c(N)ncnc21)N[C@@H](C)C(=O)OC(C)C. The summed E-state index contributed by atoms with van der Waals surface area (Å²) in [5.74, 6) is -0.673. The molecule has 570 valence electrons. The van der Waals surface area contributed by atoms with Crippen molar-refractivity contribution in [2.24, 2.45) is 0 Å². The third-order valence-corrected chi connectivity index (χ3v) is 21.0. The number of hydrogen-bond donors (Lipinski definition) is 6. The summed E-state index contributed by atoms with van der Waals surface area (Å²) in [5, 5.41) is 8.45. The van der Waals surface area contributed by atoms with E-state index in [1.54, 1.807) is 95.0 Å². The van der Waals surface area contributed by atoms with Crippen LogP contribution in [-0.4, -0.2) is 150 Å². The lowest BCUT2D eigenvalue weighted by Crippen LogP contribution is -2.36. The molecule has 0 aliphatic carbocycles. The van der Waals surface area contributed by atoms with Crippen LogP contribution in [0.1, 0.15) is 116 Å². The minimum absolute atomic E-state index is 0.100. The number of hydrogen-bond acceptors (Lipinski definition) is 27. The van der Waals surface area contributed by atoms with Gasteiger partial charge in [0.25, 0.3) is 22.6 Å². The van der Waals surface area contributed by atoms with E-state index in [9.17, 15) is 28.1 Å². The Kier molecular flexibility index (Phi) is 31.2. The van der Waals surface area contributed by atoms with E-state index in [4.69, 9.17) is 59.2 Å². The van der Waals surface area contributed by atoms with Crippen LogP contribution in [-0.2, 0) is 110 Å². The van der Waals surface area contributed by atoms with Crippen LogP contribution in [0.2, 0.25) is 0 Å². The highest BCUT2D eigenvalue weighted by atomic mass is 31.2. The molecule has 0 saturated carbocycles. The normalized spacial score (nSPS) is 15.1. The smallest absolute Gasteiger partial charge is 0.323 e. The summed E-state index contributed by atoms with van der Waals surface area (Å²) in [6.07, 6.45) is 6.17. The van der Waals surface area contributed by atoms with Gasteiger partial charge in [-0.25, -0.2) is 60.1 Å². The van der Waals surface area contributed by atoms with Gasteiger partial charge in [0.15, 0.2) is 34.4 Å². The highest BCUT2D eigenvalue weighted by molar-refractivity contribution is 7.57. The maximum Gasteiger partial charge on any atom is 0.323 e. The number of imidazole rings is 3. The molecule has 6 aromatic heterocycles. The van der Waals surface area contributed by atoms with Gasteiger partial charge in [-0.15, -0.1) is 0 Å². The van der Waals surface area contributed by atoms with Gasteiger partial charge in [0, 0.05) is 0 Å². The minimum Gasteiger partial charge on any atom is -0.462 e. The standard InChI is InChI=1S/3C23H33N6O5P/c3*1-15(2)34-23(30)18(5)28-35(31,33-11-19-9-7-6-8-16(19)3)14-32-17(4)10-29-13-27-20-21(24)25-12-26-22(20)29/h3*6-9,12-13,15,17-18H,10-11,14H2,1-5H3,(H,28,31)(H2,24,25,26)/t17-,18+,35?;17-,18+,35+;17-,18+,35-/m111/s1. The topological polar surface area (TPSA) is 430 Å². The lowest BCUT2D eigenvalue weighted by atomic mass is 10.1. The van der Waals surface area contributed by atoms with Crippen molar-refractivity contribution in [3.8, 4) is 0 Å². The average Bonchev–Trinajstić information content (AvgIpc) is 1.68. The molecule has 9 rings (SSSR count). The molecule has 0 saturated heterocycles. The van der Waals surface area contributed by atoms with Crippen molar-refractivity contribution in [2.45, 2.75) is 198 Å². The minimum atomic E-state index is -3.60. The first kappa shape index (κ1) is 83.7. The maximum absolute atomic E-state index is 13.7. The van der Waals surface area contributed by atoms with Gasteiger partial charge in [0.2, 0.25) is 0 Å². The molecule has 3 aromatic carbocycles. The summed E-state index contributed by atoms with van der Waals surface area (Å²) in [6, 6.07) is 20.4. The fourth-order valence-corrected chi connectivity index (χ4v) is 15.1. The van der Waals surface area contributed by atoms with Crippen LogP contribution in [0.4, 0.5) is 17.5 Å². The maximum atomic E-state index is 13.7. The number of nitrogens with one attached hydrogen (secondary N) is 3. The van der Waals surface area contributed by atoms with Gasteiger partial charge in [-0.3, -0.25) is 28.1 Å². The van der Waals surface area contributed by atoms with Gasteiger partial charge in [0.1, 0.15) is 72.7 Å². The Bertz CT molecular complexity index is 4040. The summed E-state index contributed by atoms with van der Waals surface area (Å²) < 4.78 is 97.6. The van der Waals surface area contributed by atoms with Gasteiger partial charge in [-0.2, -0.15) is 0 Å². The molecule has 1 unspecified atom stereocenters. The van der Waals surface area contributed by atoms with Crippen LogP contribution < -0.4 is 32.5 Å². The van der Waals surface area contributed by atoms with E-state index in [0.717, 1.165) is 33.4 Å². The van der Waals surface area contributed by atoms with E-state index >= 15 is 0 Å². The molecule has 0 amide bonds. The molecule has 0 aliphatic rings. The molecular formula is C69H99N18O15P3. The highest BCUT2D eigenvalue weighted by Gasteiger charge is 2.35. The van der Waals surface area contributed by atoms with Gasteiger partial charge in [0.05, 0.1) is 95.1 Å². The van der Waals surface area contributed by atoms with Crippen LogP contribution >= 0.6 is 22.6 Å². The largest absolute Gasteiger partial charge is 0.462 e. The molecule has 9 atom stereocenters. The van der Waals surface area contributed by atoms with Crippen molar-refractivity contribution in [2.75, 3.05) is 36.2 Å². The van der Waals surface area contributed by atoms with Crippen molar-refractivity contribution in [3.63, 3.8) is 0 Å². The molecule has 9 aromatic rings. The monoisotopic (exact) mass is 1510 g/mol. The highest BCUT2D eigenvalue weighted by Crippen LogP contribution is 2.47. The third-order valence-electron chi connectivity index (χ3n) is 15.6. The fourth-order valence-electron chi connectivity index (χ4n) is 9.98. The molecule has 0 aliphatic heterocycles. The number of nitrogens with zero attached hydrogens (tertiary/aromatic N) is 12. The molecule has 105 heavy (non-hydrogen) atoms. The lowest BCUT2D eigenvalue weighted by molar-refractivity contribution is -0.149. The summed E-state index contributed by atoms with van der Waals surface area (Å²) in [5.41, 5.74) is 26.5. The first-order valence-corrected chi connectivity index (χ1v) is 39.5. The first-order chi connectivity index (χ1) is 49.7. The quantitative estimate of drug-likeness (QED) is 0.0121. The Morgan fingerprint density at radius 1 is 0.390 bits per heavy atom. The Hall–Kier alpha value is -8.55. The van der Waals surface area contributed by atoms with Crippen LogP contribution in [0.15, 0.2) is 111 Å². The molecule has 36 heteroatoms. The third kappa shape index (κ3) is 25.6. The molecule has 6 heterocycles. The number of benzene rings is 3. The van der Waals surface area contributed by atoms with Crippen LogP contribution in [0.3, 0.4) is 0 Å². The van der Waals surface area contributed by atoms with Crippen LogP contribution in [0.25, 0.3) is 33.5 Å². The van der Waals surface area contributed by atoms with E-state index in [1.807, 2.05) is 114 Å². The zero-order valence-corrected chi connectivity index (χ0v) is 64.7. The molecule has 0 fully saturated rings.